The molecule has 0 spiro atoms. The largest absolute Gasteiger partial charge is 0.508 e. The van der Waals surface area contributed by atoms with Crippen LogP contribution in [0.4, 0.5) is 0 Å². The van der Waals surface area contributed by atoms with E-state index in [2.05, 4.69) is 45.1 Å². The fourth-order valence-electron chi connectivity index (χ4n) is 4.86. The van der Waals surface area contributed by atoms with Crippen LogP contribution < -0.4 is 5.32 Å². The molecule has 3 atom stereocenters. The van der Waals surface area contributed by atoms with E-state index >= 15 is 0 Å². The summed E-state index contributed by atoms with van der Waals surface area (Å²) < 4.78 is 10.7. The number of likely N-dealkylation sites (N-methyl/N-ethyl adjacent to an activating group) is 1. The lowest BCUT2D eigenvalue weighted by atomic mass is 9.85. The number of benzene rings is 2. The zero-order chi connectivity index (χ0) is 31.3. The quantitative estimate of drug-likeness (QED) is 0.184. The fraction of sp³-hybridized carbons (Fsp3) is 0.559. The molecule has 0 saturated carbocycles. The molecule has 1 heterocycles. The topological polar surface area (TPSA) is 105 Å². The number of carbonyl (C=O) groups excluding carboxylic acids is 3. The minimum Gasteiger partial charge on any atom is -0.508 e. The molecule has 0 radical (unpaired) electrons. The summed E-state index contributed by atoms with van der Waals surface area (Å²) in [7, 11) is 3.13. The summed E-state index contributed by atoms with van der Waals surface area (Å²) >= 11 is 0. The van der Waals surface area contributed by atoms with E-state index in [1.54, 1.807) is 36.2 Å². The van der Waals surface area contributed by atoms with E-state index in [1.807, 2.05) is 18.2 Å². The average molecular weight is 585 g/mol. The molecule has 0 aliphatic carbocycles. The molecule has 3 unspecified atom stereocenters. The number of aromatic hydroxyl groups is 1. The van der Waals surface area contributed by atoms with Gasteiger partial charge in [0, 0.05) is 19.6 Å². The summed E-state index contributed by atoms with van der Waals surface area (Å²) in [5, 5.41) is 11.8. The number of nitrogens with zero attached hydrogens (tertiary/aromatic N) is 1. The number of likely N-dealkylation sites (tertiary alicyclic amines) is 1. The lowest BCUT2D eigenvalue weighted by molar-refractivity contribution is -0.150. The van der Waals surface area contributed by atoms with Crippen molar-refractivity contribution in [1.82, 2.24) is 10.2 Å². The molecule has 1 aliphatic heterocycles. The highest BCUT2D eigenvalue weighted by atomic mass is 16.5. The lowest BCUT2D eigenvalue weighted by Gasteiger charge is -2.24. The Labute approximate surface area is 252 Å². The van der Waals surface area contributed by atoms with Crippen LogP contribution in [0.15, 0.2) is 54.6 Å². The Bertz CT molecular complexity index is 1030. The first-order chi connectivity index (χ1) is 20.2. The molecule has 8 nitrogen and oxygen atoms in total. The number of nitrogens with one attached hydrogen (secondary N) is 1. The number of hydrogen-bond donors (Lipinski definition) is 2. The predicted molar refractivity (Wildman–Crippen MR) is 167 cm³/mol. The maximum Gasteiger partial charge on any atom is 0.328 e. The molecule has 234 valence electrons. The van der Waals surface area contributed by atoms with Gasteiger partial charge in [-0.3, -0.25) is 4.79 Å². The third-order valence-corrected chi connectivity index (χ3v) is 6.85. The van der Waals surface area contributed by atoms with E-state index in [4.69, 9.17) is 14.6 Å². The number of phenols is 1. The molecule has 2 N–H and O–H groups in total. The molecule has 42 heavy (non-hydrogen) atoms. The third-order valence-electron chi connectivity index (χ3n) is 6.85. The van der Waals surface area contributed by atoms with Gasteiger partial charge in [0.1, 0.15) is 18.1 Å². The number of rotatable bonds is 13. The zero-order valence-corrected chi connectivity index (χ0v) is 26.4. The standard InChI is InChI=1S/C22H34N2O4.C8H8O2.C4H10/c1-4-18(11-8-12-28-16-17-9-6-5-7-10-17)19-13-20(22(26)27-3)24(15-19)21(25)14-23-2;9-5-4-7-2-1-3-8(10)6-7;1-4(2)3/h5-7,9-10,18-20,23H,4,8,11-16H2,1-3H3;1-3,5-6,10H,4H2;4H,1-3H3. The van der Waals surface area contributed by atoms with Gasteiger partial charge in [-0.25, -0.2) is 4.79 Å². The molecular weight excluding hydrogens is 532 g/mol. The van der Waals surface area contributed by atoms with Gasteiger partial charge in [-0.15, -0.1) is 0 Å². The Hall–Kier alpha value is -3.23. The van der Waals surface area contributed by atoms with E-state index in [9.17, 15) is 14.4 Å². The number of phenolic OH excluding ortho intramolecular Hbond substituents is 1. The van der Waals surface area contributed by atoms with Crippen LogP contribution in [0.1, 0.15) is 64.5 Å². The summed E-state index contributed by atoms with van der Waals surface area (Å²) in [6.45, 7) is 10.9. The Morgan fingerprint density at radius 3 is 2.33 bits per heavy atom. The number of carbonyl (C=O) groups is 3. The van der Waals surface area contributed by atoms with Crippen LogP contribution in [0.5, 0.6) is 5.75 Å². The van der Waals surface area contributed by atoms with Crippen LogP contribution in [-0.4, -0.2) is 68.1 Å². The number of aldehydes is 1. The highest BCUT2D eigenvalue weighted by Crippen LogP contribution is 2.34. The molecule has 1 aliphatic rings. The van der Waals surface area contributed by atoms with E-state index < -0.39 is 6.04 Å². The van der Waals surface area contributed by atoms with Crippen molar-refractivity contribution in [1.29, 1.82) is 0 Å². The van der Waals surface area contributed by atoms with Gasteiger partial charge in [0.25, 0.3) is 0 Å². The molecule has 3 rings (SSSR count). The number of esters is 1. The summed E-state index contributed by atoms with van der Waals surface area (Å²) in [5.41, 5.74) is 2.03. The summed E-state index contributed by atoms with van der Waals surface area (Å²) in [5.74, 6) is 1.48. The van der Waals surface area contributed by atoms with E-state index in [1.165, 1.54) is 12.7 Å². The van der Waals surface area contributed by atoms with Gasteiger partial charge >= 0.3 is 5.97 Å². The predicted octanol–water partition coefficient (Wildman–Crippen LogP) is 5.42. The minimum atomic E-state index is -0.459. The molecule has 1 saturated heterocycles. The highest BCUT2D eigenvalue weighted by Gasteiger charge is 2.42. The molecule has 1 fully saturated rings. The fourth-order valence-corrected chi connectivity index (χ4v) is 4.86. The van der Waals surface area contributed by atoms with Crippen LogP contribution in [0.2, 0.25) is 0 Å². The van der Waals surface area contributed by atoms with Crippen molar-refractivity contribution in [3.8, 4) is 5.75 Å². The van der Waals surface area contributed by atoms with Crippen molar-refractivity contribution < 1.29 is 29.0 Å². The van der Waals surface area contributed by atoms with E-state index in [0.29, 0.717) is 37.8 Å². The molecule has 0 bridgehead atoms. The monoisotopic (exact) mass is 584 g/mol. The molecule has 0 aromatic heterocycles. The van der Waals surface area contributed by atoms with Gasteiger partial charge in [-0.05, 0) is 67.3 Å². The normalized spacial score (nSPS) is 16.5. The Balaban J connectivity index is 0.000000517. The third kappa shape index (κ3) is 14.6. The first-order valence-corrected chi connectivity index (χ1v) is 15.0. The summed E-state index contributed by atoms with van der Waals surface area (Å²) in [6, 6.07) is 16.4. The Morgan fingerprint density at radius 1 is 1.10 bits per heavy atom. The maximum absolute atomic E-state index is 12.4. The van der Waals surface area contributed by atoms with Gasteiger partial charge in [-0.1, -0.05) is 76.6 Å². The van der Waals surface area contributed by atoms with Crippen molar-refractivity contribution in [2.24, 2.45) is 17.8 Å². The molecule has 2 aromatic rings. The first kappa shape index (κ1) is 36.8. The van der Waals surface area contributed by atoms with Crippen molar-refractivity contribution >= 4 is 18.2 Å². The van der Waals surface area contributed by atoms with Crippen LogP contribution in [0.25, 0.3) is 0 Å². The van der Waals surface area contributed by atoms with Gasteiger partial charge in [0.05, 0.1) is 20.3 Å². The summed E-state index contributed by atoms with van der Waals surface area (Å²) in [6.07, 6.45) is 4.92. The molecule has 1 amide bonds. The molecule has 2 aromatic carbocycles. The van der Waals surface area contributed by atoms with E-state index in [0.717, 1.165) is 43.6 Å². The molecule has 8 heteroatoms. The second kappa shape index (κ2) is 21.5. The Kier molecular flexibility index (Phi) is 18.8. The van der Waals surface area contributed by atoms with Gasteiger partial charge in [-0.2, -0.15) is 0 Å². The first-order valence-electron chi connectivity index (χ1n) is 15.0. The second-order valence-corrected chi connectivity index (χ2v) is 11.2. The van der Waals surface area contributed by atoms with Crippen molar-refractivity contribution in [2.45, 2.75) is 72.4 Å². The summed E-state index contributed by atoms with van der Waals surface area (Å²) in [4.78, 5) is 36.3. The van der Waals surface area contributed by atoms with Crippen molar-refractivity contribution in [3.05, 3.63) is 65.7 Å². The van der Waals surface area contributed by atoms with Crippen molar-refractivity contribution in [2.75, 3.05) is 33.9 Å². The van der Waals surface area contributed by atoms with E-state index in [-0.39, 0.29) is 24.2 Å². The smallest absolute Gasteiger partial charge is 0.328 e. The van der Waals surface area contributed by atoms with Crippen LogP contribution in [0.3, 0.4) is 0 Å². The molecular formula is C34H52N2O6. The lowest BCUT2D eigenvalue weighted by Crippen LogP contribution is -2.44. The number of methoxy groups -OCH3 is 1. The zero-order valence-electron chi connectivity index (χ0n) is 26.4. The van der Waals surface area contributed by atoms with Gasteiger partial charge < -0.3 is 29.6 Å². The number of ether oxygens (including phenoxy) is 2. The van der Waals surface area contributed by atoms with Crippen LogP contribution in [-0.2, 0) is 36.9 Å². The van der Waals surface area contributed by atoms with Crippen LogP contribution >= 0.6 is 0 Å². The minimum absolute atomic E-state index is 0.0403. The van der Waals surface area contributed by atoms with Crippen molar-refractivity contribution in [3.63, 3.8) is 0 Å². The Morgan fingerprint density at radius 2 is 1.76 bits per heavy atom. The number of hydrogen-bond acceptors (Lipinski definition) is 7. The van der Waals surface area contributed by atoms with Crippen LogP contribution in [0, 0.1) is 17.8 Å². The second-order valence-electron chi connectivity index (χ2n) is 11.2. The maximum atomic E-state index is 12.4. The van der Waals surface area contributed by atoms with Gasteiger partial charge in [0.2, 0.25) is 5.91 Å². The SMILES string of the molecule is CC(C)C.CCC(CCCOCc1ccccc1)C1CC(C(=O)OC)N(C(=O)CNC)C1.O=CCc1cccc(O)c1. The van der Waals surface area contributed by atoms with Gasteiger partial charge in [0.15, 0.2) is 0 Å². The number of amides is 1. The highest BCUT2D eigenvalue weighted by molar-refractivity contribution is 5.86. The average Bonchev–Trinajstić information content (AvgIpc) is 3.41.